The number of hydrogen-bond donors (Lipinski definition) is 3. The van der Waals surface area contributed by atoms with Gasteiger partial charge in [0.25, 0.3) is 0 Å². The number of nitrogens with one attached hydrogen (secondary N) is 2. The highest BCUT2D eigenvalue weighted by molar-refractivity contribution is 6.30. The summed E-state index contributed by atoms with van der Waals surface area (Å²) >= 11 is 5.94. The highest BCUT2D eigenvalue weighted by Gasteiger charge is 2.26. The van der Waals surface area contributed by atoms with E-state index < -0.39 is 12.2 Å². The lowest BCUT2D eigenvalue weighted by molar-refractivity contribution is -0.0504. The van der Waals surface area contributed by atoms with Gasteiger partial charge in [0.15, 0.2) is 5.96 Å². The molecule has 9 heteroatoms. The molecular formula is C18H22ClF2N3O3. The standard InChI is InChI=1S/C18H22ClF2N3O3/c1-3-22-17(24-11-18(2,25)15-5-4-8-26-15)23-10-12-9-13(19)6-7-14(12)27-16(20)21/h4-9,16,25H,3,10-11H2,1-2H3,(H2,22,23,24). The van der Waals surface area contributed by atoms with Gasteiger partial charge in [0.05, 0.1) is 19.4 Å². The van der Waals surface area contributed by atoms with E-state index >= 15 is 0 Å². The fraction of sp³-hybridized carbons (Fsp3) is 0.389. The Hall–Kier alpha value is -2.32. The van der Waals surface area contributed by atoms with E-state index in [1.807, 2.05) is 6.92 Å². The largest absolute Gasteiger partial charge is 0.466 e. The number of ether oxygens (including phenoxy) is 1. The minimum absolute atomic E-state index is 0.0107. The molecule has 27 heavy (non-hydrogen) atoms. The first-order valence-electron chi connectivity index (χ1n) is 8.33. The van der Waals surface area contributed by atoms with E-state index in [4.69, 9.17) is 16.0 Å². The number of alkyl halides is 2. The Kier molecular flexibility index (Phi) is 7.44. The van der Waals surface area contributed by atoms with Gasteiger partial charge in [-0.25, -0.2) is 4.99 Å². The lowest BCUT2D eigenvalue weighted by Crippen LogP contribution is -2.44. The smallest absolute Gasteiger partial charge is 0.387 e. The summed E-state index contributed by atoms with van der Waals surface area (Å²) in [5.74, 6) is 0.817. The van der Waals surface area contributed by atoms with Crippen molar-refractivity contribution in [2.75, 3.05) is 13.1 Å². The minimum Gasteiger partial charge on any atom is -0.466 e. The van der Waals surface area contributed by atoms with Crippen molar-refractivity contribution in [3.63, 3.8) is 0 Å². The van der Waals surface area contributed by atoms with Crippen LogP contribution in [0, 0.1) is 0 Å². The summed E-state index contributed by atoms with van der Waals surface area (Å²) in [6.45, 7) is 1.30. The molecule has 0 saturated carbocycles. The number of hydrogen-bond acceptors (Lipinski definition) is 4. The Morgan fingerprint density at radius 3 is 2.78 bits per heavy atom. The molecule has 0 aliphatic rings. The number of guanidine groups is 1. The van der Waals surface area contributed by atoms with Crippen LogP contribution in [0.4, 0.5) is 8.78 Å². The van der Waals surface area contributed by atoms with Crippen molar-refractivity contribution in [1.82, 2.24) is 10.6 Å². The lowest BCUT2D eigenvalue weighted by atomic mass is 10.0. The summed E-state index contributed by atoms with van der Waals surface area (Å²) in [5.41, 5.74) is -0.836. The maximum absolute atomic E-state index is 12.6. The predicted octanol–water partition coefficient (Wildman–Crippen LogP) is 3.50. The number of nitrogens with zero attached hydrogens (tertiary/aromatic N) is 1. The molecule has 1 aromatic carbocycles. The van der Waals surface area contributed by atoms with Crippen molar-refractivity contribution >= 4 is 17.6 Å². The number of aliphatic imine (C=N–C) groups is 1. The number of furan rings is 1. The molecule has 1 unspecified atom stereocenters. The number of aliphatic hydroxyl groups is 1. The first kappa shape index (κ1) is 21.0. The maximum atomic E-state index is 12.6. The molecule has 1 heterocycles. The van der Waals surface area contributed by atoms with Gasteiger partial charge >= 0.3 is 6.61 Å². The quantitative estimate of drug-likeness (QED) is 0.466. The molecule has 0 saturated heterocycles. The van der Waals surface area contributed by atoms with Crippen molar-refractivity contribution < 1.29 is 23.0 Å². The van der Waals surface area contributed by atoms with Crippen molar-refractivity contribution in [1.29, 1.82) is 0 Å². The van der Waals surface area contributed by atoms with Crippen molar-refractivity contribution in [3.05, 3.63) is 52.9 Å². The second-order valence-electron chi connectivity index (χ2n) is 5.93. The molecule has 148 valence electrons. The second kappa shape index (κ2) is 9.57. The van der Waals surface area contributed by atoms with Crippen molar-refractivity contribution in [2.24, 2.45) is 4.99 Å². The molecule has 0 aliphatic heterocycles. The molecule has 0 amide bonds. The maximum Gasteiger partial charge on any atom is 0.387 e. The highest BCUT2D eigenvalue weighted by atomic mass is 35.5. The van der Waals surface area contributed by atoms with Crippen LogP contribution >= 0.6 is 11.6 Å². The predicted molar refractivity (Wildman–Crippen MR) is 99.2 cm³/mol. The Bertz CT molecular complexity index is 752. The summed E-state index contributed by atoms with van der Waals surface area (Å²) in [6, 6.07) is 7.72. The number of benzene rings is 1. The third-order valence-electron chi connectivity index (χ3n) is 3.64. The van der Waals surface area contributed by atoms with Gasteiger partial charge in [0.1, 0.15) is 17.1 Å². The van der Waals surface area contributed by atoms with Crippen LogP contribution in [0.25, 0.3) is 0 Å². The van der Waals surface area contributed by atoms with Crippen LogP contribution in [0.3, 0.4) is 0 Å². The average molecular weight is 402 g/mol. The Morgan fingerprint density at radius 2 is 2.15 bits per heavy atom. The monoisotopic (exact) mass is 401 g/mol. The Labute approximate surface area is 161 Å². The molecule has 1 aromatic heterocycles. The normalized spacial score (nSPS) is 14.1. The van der Waals surface area contributed by atoms with E-state index in [1.54, 1.807) is 19.1 Å². The Morgan fingerprint density at radius 1 is 1.37 bits per heavy atom. The molecule has 1 atom stereocenters. The van der Waals surface area contributed by atoms with E-state index in [2.05, 4.69) is 20.4 Å². The summed E-state index contributed by atoms with van der Waals surface area (Å²) in [4.78, 5) is 4.35. The van der Waals surface area contributed by atoms with Crippen molar-refractivity contribution in [3.8, 4) is 5.75 Å². The van der Waals surface area contributed by atoms with Gasteiger partial charge in [-0.2, -0.15) is 8.78 Å². The van der Waals surface area contributed by atoms with Gasteiger partial charge in [0.2, 0.25) is 0 Å². The minimum atomic E-state index is -2.94. The molecular weight excluding hydrogens is 380 g/mol. The molecule has 0 bridgehead atoms. The van der Waals surface area contributed by atoms with Crippen LogP contribution in [-0.2, 0) is 12.1 Å². The van der Waals surface area contributed by atoms with Gasteiger partial charge in [-0.3, -0.25) is 0 Å². The Balaban J connectivity index is 2.10. The molecule has 2 rings (SSSR count). The van der Waals surface area contributed by atoms with E-state index in [9.17, 15) is 13.9 Å². The first-order chi connectivity index (χ1) is 12.8. The zero-order valence-electron chi connectivity index (χ0n) is 15.0. The molecule has 0 aliphatic carbocycles. The second-order valence-corrected chi connectivity index (χ2v) is 6.37. The fourth-order valence-electron chi connectivity index (χ4n) is 2.32. The summed E-state index contributed by atoms with van der Waals surface area (Å²) < 4.78 is 34.8. The van der Waals surface area contributed by atoms with Gasteiger partial charge in [0, 0.05) is 17.1 Å². The SMILES string of the molecule is CCNC(=NCc1cc(Cl)ccc1OC(F)F)NCC(C)(O)c1ccco1. The zero-order valence-corrected chi connectivity index (χ0v) is 15.8. The molecule has 0 fully saturated rings. The van der Waals surface area contributed by atoms with Crippen LogP contribution in [0.1, 0.15) is 25.2 Å². The highest BCUT2D eigenvalue weighted by Crippen LogP contribution is 2.25. The molecule has 2 aromatic rings. The summed E-state index contributed by atoms with van der Waals surface area (Å²) in [6.07, 6.45) is 1.48. The van der Waals surface area contributed by atoms with Crippen LogP contribution in [0.2, 0.25) is 5.02 Å². The van der Waals surface area contributed by atoms with E-state index in [0.717, 1.165) is 0 Å². The van der Waals surface area contributed by atoms with Gasteiger partial charge < -0.3 is 24.9 Å². The van der Waals surface area contributed by atoms with Crippen LogP contribution < -0.4 is 15.4 Å². The van der Waals surface area contributed by atoms with E-state index in [-0.39, 0.29) is 18.8 Å². The van der Waals surface area contributed by atoms with Crippen molar-refractivity contribution in [2.45, 2.75) is 32.6 Å². The zero-order chi connectivity index (χ0) is 19.9. The van der Waals surface area contributed by atoms with Gasteiger partial charge in [-0.1, -0.05) is 11.6 Å². The topological polar surface area (TPSA) is 79.0 Å². The third-order valence-corrected chi connectivity index (χ3v) is 3.88. The van der Waals surface area contributed by atoms with Crippen LogP contribution in [0.15, 0.2) is 46.0 Å². The van der Waals surface area contributed by atoms with E-state index in [1.165, 1.54) is 24.5 Å². The summed E-state index contributed by atoms with van der Waals surface area (Å²) in [7, 11) is 0. The van der Waals surface area contributed by atoms with Gasteiger partial charge in [-0.05, 0) is 44.2 Å². The molecule has 0 radical (unpaired) electrons. The number of rotatable bonds is 8. The molecule has 3 N–H and O–H groups in total. The molecule has 0 spiro atoms. The van der Waals surface area contributed by atoms with Gasteiger partial charge in [-0.15, -0.1) is 0 Å². The third kappa shape index (κ3) is 6.41. The average Bonchev–Trinajstić information content (AvgIpc) is 3.14. The first-order valence-corrected chi connectivity index (χ1v) is 8.71. The number of halogens is 3. The van der Waals surface area contributed by atoms with Crippen LogP contribution in [0.5, 0.6) is 5.75 Å². The summed E-state index contributed by atoms with van der Waals surface area (Å²) in [5, 5.41) is 16.9. The fourth-order valence-corrected chi connectivity index (χ4v) is 2.51. The molecule has 6 nitrogen and oxygen atoms in total. The van der Waals surface area contributed by atoms with E-state index in [0.29, 0.717) is 28.9 Å². The van der Waals surface area contributed by atoms with Crippen LogP contribution in [-0.4, -0.2) is 30.8 Å². The lowest BCUT2D eigenvalue weighted by Gasteiger charge is -2.22.